The van der Waals surface area contributed by atoms with Crippen molar-refractivity contribution in [3.05, 3.63) is 23.6 Å². The van der Waals surface area contributed by atoms with Crippen LogP contribution in [0.2, 0.25) is 0 Å². The van der Waals surface area contributed by atoms with Crippen molar-refractivity contribution in [1.82, 2.24) is 10.3 Å². The first-order valence-corrected chi connectivity index (χ1v) is 4.23. The van der Waals surface area contributed by atoms with Gasteiger partial charge in [-0.25, -0.2) is 9.37 Å². The second-order valence-electron chi connectivity index (χ2n) is 3.20. The van der Waals surface area contributed by atoms with Gasteiger partial charge in [-0.15, -0.1) is 0 Å². The van der Waals surface area contributed by atoms with E-state index >= 15 is 0 Å². The van der Waals surface area contributed by atoms with Gasteiger partial charge in [-0.05, 0) is 6.07 Å². The van der Waals surface area contributed by atoms with Gasteiger partial charge >= 0.3 is 0 Å². The number of nitrogen functional groups attached to an aromatic ring is 1. The molecule has 0 aliphatic rings. The van der Waals surface area contributed by atoms with E-state index in [-0.39, 0.29) is 5.82 Å². The quantitative estimate of drug-likeness (QED) is 0.742. The van der Waals surface area contributed by atoms with E-state index in [0.29, 0.717) is 18.2 Å². The normalized spacial score (nSPS) is 10.8. The molecule has 0 amide bonds. The molecule has 1 aromatic heterocycles. The lowest BCUT2D eigenvalue weighted by Crippen LogP contribution is -2.22. The first kappa shape index (κ1) is 9.92. The summed E-state index contributed by atoms with van der Waals surface area (Å²) in [7, 11) is 0. The molecule has 0 saturated heterocycles. The van der Waals surface area contributed by atoms with Crippen molar-refractivity contribution in [2.45, 2.75) is 26.4 Å². The Morgan fingerprint density at radius 1 is 1.62 bits per heavy atom. The number of nitrogens with zero attached hydrogens (tertiary/aromatic N) is 1. The summed E-state index contributed by atoms with van der Waals surface area (Å²) in [5, 5.41) is 3.11. The number of halogens is 1. The van der Waals surface area contributed by atoms with Gasteiger partial charge in [-0.1, -0.05) is 13.8 Å². The molecule has 0 saturated carbocycles. The van der Waals surface area contributed by atoms with Crippen LogP contribution < -0.4 is 11.1 Å². The van der Waals surface area contributed by atoms with E-state index in [2.05, 4.69) is 10.3 Å². The summed E-state index contributed by atoms with van der Waals surface area (Å²) < 4.78 is 13.2. The molecule has 1 heterocycles. The van der Waals surface area contributed by atoms with Gasteiger partial charge in [-0.2, -0.15) is 0 Å². The summed E-state index contributed by atoms with van der Waals surface area (Å²) >= 11 is 0. The van der Waals surface area contributed by atoms with E-state index in [1.807, 2.05) is 13.8 Å². The predicted octanol–water partition coefficient (Wildman–Crippen LogP) is 1.30. The number of nitrogens with one attached hydrogen (secondary N) is 1. The Kier molecular flexibility index (Phi) is 3.19. The molecule has 1 rings (SSSR count). The average molecular weight is 183 g/mol. The summed E-state index contributed by atoms with van der Waals surface area (Å²) in [5.74, 6) is -0.460. The summed E-state index contributed by atoms with van der Waals surface area (Å²) in [6.45, 7) is 4.49. The van der Waals surface area contributed by atoms with Crippen LogP contribution in [0.15, 0.2) is 12.3 Å². The topological polar surface area (TPSA) is 50.9 Å². The van der Waals surface area contributed by atoms with E-state index in [1.165, 1.54) is 6.20 Å². The van der Waals surface area contributed by atoms with Crippen LogP contribution in [-0.4, -0.2) is 11.0 Å². The molecule has 0 unspecified atom stereocenters. The molecule has 3 N–H and O–H groups in total. The number of pyridine rings is 1. The third-order valence-electron chi connectivity index (χ3n) is 1.70. The minimum atomic E-state index is -0.421. The van der Waals surface area contributed by atoms with Gasteiger partial charge in [0.1, 0.15) is 0 Å². The molecule has 72 valence electrons. The number of aromatic nitrogens is 1. The lowest BCUT2D eigenvalue weighted by Gasteiger charge is -2.08. The molecule has 0 spiro atoms. The zero-order valence-electron chi connectivity index (χ0n) is 7.84. The second kappa shape index (κ2) is 4.18. The molecular weight excluding hydrogens is 169 g/mol. The van der Waals surface area contributed by atoms with Crippen LogP contribution in [0.1, 0.15) is 19.4 Å². The summed E-state index contributed by atoms with van der Waals surface area (Å²) in [6, 6.07) is 1.95. The minimum absolute atomic E-state index is 0.0388. The molecule has 0 fully saturated rings. The molecule has 1 aromatic rings. The van der Waals surface area contributed by atoms with E-state index in [4.69, 9.17) is 5.73 Å². The van der Waals surface area contributed by atoms with Crippen LogP contribution in [0.3, 0.4) is 0 Å². The zero-order valence-corrected chi connectivity index (χ0v) is 7.84. The molecule has 0 aliphatic carbocycles. The van der Waals surface area contributed by atoms with E-state index in [1.54, 1.807) is 6.07 Å². The van der Waals surface area contributed by atoms with E-state index in [0.717, 1.165) is 0 Å². The minimum Gasteiger partial charge on any atom is -0.381 e. The zero-order chi connectivity index (χ0) is 9.84. The van der Waals surface area contributed by atoms with Gasteiger partial charge in [0, 0.05) is 24.3 Å². The Morgan fingerprint density at radius 2 is 2.31 bits per heavy atom. The van der Waals surface area contributed by atoms with Crippen molar-refractivity contribution >= 4 is 5.82 Å². The van der Waals surface area contributed by atoms with E-state index in [9.17, 15) is 4.39 Å². The highest BCUT2D eigenvalue weighted by atomic mass is 19.1. The Balaban J connectivity index is 2.71. The van der Waals surface area contributed by atoms with Crippen LogP contribution >= 0.6 is 0 Å². The number of anilines is 1. The standard InChI is InChI=1S/C9H14FN3/c1-6(2)13-5-7-3-4-12-9(11)8(7)10/h3-4,6,13H,5H2,1-2H3,(H2,11,12). The molecule has 0 aromatic carbocycles. The van der Waals surface area contributed by atoms with Crippen LogP contribution in [0, 0.1) is 5.82 Å². The van der Waals surface area contributed by atoms with Crippen molar-refractivity contribution < 1.29 is 4.39 Å². The van der Waals surface area contributed by atoms with Crippen LogP contribution in [-0.2, 0) is 6.54 Å². The molecule has 0 radical (unpaired) electrons. The van der Waals surface area contributed by atoms with Gasteiger partial charge in [0.25, 0.3) is 0 Å². The number of hydrogen-bond acceptors (Lipinski definition) is 3. The van der Waals surface area contributed by atoms with Gasteiger partial charge in [0.15, 0.2) is 11.6 Å². The number of hydrogen-bond donors (Lipinski definition) is 2. The Bertz CT molecular complexity index is 286. The van der Waals surface area contributed by atoms with Crippen LogP contribution in [0.25, 0.3) is 0 Å². The monoisotopic (exact) mass is 183 g/mol. The SMILES string of the molecule is CC(C)NCc1ccnc(N)c1F. The Hall–Kier alpha value is -1.16. The molecular formula is C9H14FN3. The number of nitrogens with two attached hydrogens (primary N) is 1. The summed E-state index contributed by atoms with van der Waals surface area (Å²) in [4.78, 5) is 3.64. The molecule has 0 aliphatic heterocycles. The largest absolute Gasteiger partial charge is 0.381 e. The maximum Gasteiger partial charge on any atom is 0.169 e. The molecule has 3 nitrogen and oxygen atoms in total. The van der Waals surface area contributed by atoms with Gasteiger partial charge in [0.2, 0.25) is 0 Å². The summed E-state index contributed by atoms with van der Waals surface area (Å²) in [5.41, 5.74) is 5.87. The predicted molar refractivity (Wildman–Crippen MR) is 50.6 cm³/mol. The van der Waals surface area contributed by atoms with Gasteiger partial charge in [-0.3, -0.25) is 0 Å². The molecule has 13 heavy (non-hydrogen) atoms. The first-order valence-electron chi connectivity index (χ1n) is 4.23. The number of rotatable bonds is 3. The van der Waals surface area contributed by atoms with Crippen molar-refractivity contribution in [2.75, 3.05) is 5.73 Å². The fraction of sp³-hybridized carbons (Fsp3) is 0.444. The fourth-order valence-electron chi connectivity index (χ4n) is 0.952. The molecule has 0 atom stereocenters. The van der Waals surface area contributed by atoms with Crippen LogP contribution in [0.5, 0.6) is 0 Å². The fourth-order valence-corrected chi connectivity index (χ4v) is 0.952. The third kappa shape index (κ3) is 2.66. The van der Waals surface area contributed by atoms with E-state index < -0.39 is 5.82 Å². The molecule has 4 heteroatoms. The maximum atomic E-state index is 13.2. The van der Waals surface area contributed by atoms with Crippen LogP contribution in [0.4, 0.5) is 10.2 Å². The van der Waals surface area contributed by atoms with Gasteiger partial charge in [0.05, 0.1) is 0 Å². The Labute approximate surface area is 77.2 Å². The highest BCUT2D eigenvalue weighted by molar-refractivity contribution is 5.34. The third-order valence-corrected chi connectivity index (χ3v) is 1.70. The van der Waals surface area contributed by atoms with Crippen molar-refractivity contribution in [2.24, 2.45) is 0 Å². The van der Waals surface area contributed by atoms with Crippen molar-refractivity contribution in [3.8, 4) is 0 Å². The van der Waals surface area contributed by atoms with Crippen molar-refractivity contribution in [1.29, 1.82) is 0 Å². The highest BCUT2D eigenvalue weighted by Gasteiger charge is 2.05. The first-order chi connectivity index (χ1) is 6.11. The van der Waals surface area contributed by atoms with Gasteiger partial charge < -0.3 is 11.1 Å². The van der Waals surface area contributed by atoms with Crippen molar-refractivity contribution in [3.63, 3.8) is 0 Å². The highest BCUT2D eigenvalue weighted by Crippen LogP contribution is 2.11. The second-order valence-corrected chi connectivity index (χ2v) is 3.20. The molecule has 0 bridgehead atoms. The maximum absolute atomic E-state index is 13.2. The summed E-state index contributed by atoms with van der Waals surface area (Å²) in [6.07, 6.45) is 1.51. The average Bonchev–Trinajstić information content (AvgIpc) is 2.07. The lowest BCUT2D eigenvalue weighted by atomic mass is 10.2. The lowest BCUT2D eigenvalue weighted by molar-refractivity contribution is 0.553. The smallest absolute Gasteiger partial charge is 0.169 e. The Morgan fingerprint density at radius 3 is 2.92 bits per heavy atom.